The van der Waals surface area contributed by atoms with Gasteiger partial charge in [0.05, 0.1) is 6.61 Å². The van der Waals surface area contributed by atoms with E-state index in [9.17, 15) is 0 Å². The Morgan fingerprint density at radius 3 is 2.60 bits per heavy atom. The lowest BCUT2D eigenvalue weighted by atomic mass is 9.90. The number of rotatable bonds is 3. The van der Waals surface area contributed by atoms with Crippen LogP contribution in [0.15, 0.2) is 0 Å². The Labute approximate surface area is 71.3 Å². The molecule has 1 rings (SSSR count). The highest BCUT2D eigenvalue weighted by atomic mass is 79.9. The van der Waals surface area contributed by atoms with Gasteiger partial charge in [-0.2, -0.15) is 0 Å². The first-order valence-electron chi connectivity index (χ1n) is 3.97. The molecule has 1 saturated carbocycles. The maximum Gasteiger partial charge on any atom is 0.148 e. The van der Waals surface area contributed by atoms with Gasteiger partial charge in [-0.3, -0.25) is 0 Å². The van der Waals surface area contributed by atoms with Crippen molar-refractivity contribution < 1.29 is 4.74 Å². The van der Waals surface area contributed by atoms with E-state index in [1.807, 2.05) is 0 Å². The quantitative estimate of drug-likeness (QED) is 0.689. The van der Waals surface area contributed by atoms with E-state index >= 15 is 0 Å². The third-order valence-corrected chi connectivity index (χ3v) is 2.38. The van der Waals surface area contributed by atoms with Gasteiger partial charge in [0.25, 0.3) is 0 Å². The molecule has 0 spiro atoms. The van der Waals surface area contributed by atoms with Gasteiger partial charge in [0, 0.05) is 0 Å². The summed E-state index contributed by atoms with van der Waals surface area (Å²) < 4.78 is 5.16. The lowest BCUT2D eigenvalue weighted by Gasteiger charge is -2.20. The van der Waals surface area contributed by atoms with Crippen LogP contribution in [0, 0.1) is 11.4 Å². The number of halogens is 1. The molecule has 0 atom stereocenters. The van der Waals surface area contributed by atoms with Gasteiger partial charge in [0.1, 0.15) is 5.52 Å². The molecule has 0 heterocycles. The molecule has 0 bridgehead atoms. The van der Waals surface area contributed by atoms with Gasteiger partial charge < -0.3 is 4.74 Å². The normalized spacial score (nSPS) is 21.3. The van der Waals surface area contributed by atoms with Crippen molar-refractivity contribution in [2.45, 2.75) is 32.1 Å². The average Bonchev–Trinajstić information content (AvgIpc) is 2.03. The van der Waals surface area contributed by atoms with Crippen LogP contribution in [0.3, 0.4) is 0 Å². The second kappa shape index (κ2) is 5.14. The summed E-state index contributed by atoms with van der Waals surface area (Å²) in [7, 11) is 0. The van der Waals surface area contributed by atoms with Crippen LogP contribution >= 0.6 is 15.9 Å². The fraction of sp³-hybridized carbons (Fsp3) is 0.875. The molecule has 59 valence electrons. The van der Waals surface area contributed by atoms with Crippen LogP contribution in [0.25, 0.3) is 0 Å². The molecule has 0 aliphatic heterocycles. The zero-order valence-corrected chi connectivity index (χ0v) is 7.77. The maximum atomic E-state index is 5.16. The molecule has 0 amide bonds. The van der Waals surface area contributed by atoms with E-state index in [0.29, 0.717) is 0 Å². The van der Waals surface area contributed by atoms with Gasteiger partial charge in [-0.25, -0.2) is 0 Å². The lowest BCUT2D eigenvalue weighted by molar-refractivity contribution is 0.155. The Morgan fingerprint density at radius 1 is 1.30 bits per heavy atom. The summed E-state index contributed by atoms with van der Waals surface area (Å²) in [6, 6.07) is 0. The molecule has 0 aromatic rings. The minimum atomic E-state index is 0.822. The Kier molecular flexibility index (Phi) is 4.39. The van der Waals surface area contributed by atoms with E-state index in [1.165, 1.54) is 32.1 Å². The SMILES string of the molecule is Br[CH]OCC1CCCCC1. The van der Waals surface area contributed by atoms with E-state index in [2.05, 4.69) is 15.9 Å². The number of ether oxygens (including phenoxy) is 1. The molecule has 1 nitrogen and oxygen atoms in total. The molecule has 2 heteroatoms. The molecule has 0 aromatic carbocycles. The van der Waals surface area contributed by atoms with E-state index in [-0.39, 0.29) is 0 Å². The third kappa shape index (κ3) is 3.02. The molecule has 0 saturated heterocycles. The predicted molar refractivity (Wildman–Crippen MR) is 45.8 cm³/mol. The molecule has 0 aromatic heterocycles. The van der Waals surface area contributed by atoms with E-state index < -0.39 is 0 Å². The Morgan fingerprint density at radius 2 is 2.00 bits per heavy atom. The maximum absolute atomic E-state index is 5.16. The molecule has 0 unspecified atom stereocenters. The fourth-order valence-corrected chi connectivity index (χ4v) is 1.68. The van der Waals surface area contributed by atoms with E-state index in [0.717, 1.165) is 12.5 Å². The van der Waals surface area contributed by atoms with Gasteiger partial charge >= 0.3 is 0 Å². The molecule has 1 fully saturated rings. The summed E-state index contributed by atoms with van der Waals surface area (Å²) in [5, 5.41) is 0. The van der Waals surface area contributed by atoms with Crippen molar-refractivity contribution in [2.75, 3.05) is 6.61 Å². The summed E-state index contributed by atoms with van der Waals surface area (Å²) >= 11 is 3.13. The van der Waals surface area contributed by atoms with Gasteiger partial charge in [-0.15, -0.1) is 0 Å². The zero-order valence-electron chi connectivity index (χ0n) is 6.18. The van der Waals surface area contributed by atoms with Crippen molar-refractivity contribution >= 4 is 15.9 Å². The highest BCUT2D eigenvalue weighted by Gasteiger charge is 2.12. The van der Waals surface area contributed by atoms with Crippen molar-refractivity contribution in [2.24, 2.45) is 5.92 Å². The summed E-state index contributed by atoms with van der Waals surface area (Å²) in [5.74, 6) is 0.822. The zero-order chi connectivity index (χ0) is 7.23. The fourth-order valence-electron chi connectivity index (χ4n) is 1.53. The van der Waals surface area contributed by atoms with Crippen LogP contribution in [0.1, 0.15) is 32.1 Å². The summed E-state index contributed by atoms with van der Waals surface area (Å²) in [6.07, 6.45) is 6.95. The predicted octanol–water partition coefficient (Wildman–Crippen LogP) is 3.10. The Balaban J connectivity index is 2.02. The summed E-state index contributed by atoms with van der Waals surface area (Å²) in [5.41, 5.74) is 1.61. The van der Waals surface area contributed by atoms with E-state index in [4.69, 9.17) is 4.74 Å². The first kappa shape index (κ1) is 8.54. The summed E-state index contributed by atoms with van der Waals surface area (Å²) in [6.45, 7) is 0.908. The van der Waals surface area contributed by atoms with Crippen LogP contribution in [0.2, 0.25) is 0 Å². The number of hydrogen-bond acceptors (Lipinski definition) is 1. The van der Waals surface area contributed by atoms with Crippen LogP contribution in [0.4, 0.5) is 0 Å². The van der Waals surface area contributed by atoms with Crippen LogP contribution in [-0.2, 0) is 4.74 Å². The Bertz CT molecular complexity index is 79.3. The Hall–Kier alpha value is 0.440. The molecule has 10 heavy (non-hydrogen) atoms. The minimum absolute atomic E-state index is 0.822. The first-order chi connectivity index (χ1) is 4.93. The van der Waals surface area contributed by atoms with Crippen molar-refractivity contribution in [1.29, 1.82) is 0 Å². The van der Waals surface area contributed by atoms with E-state index in [1.54, 1.807) is 5.52 Å². The van der Waals surface area contributed by atoms with Crippen LogP contribution in [0.5, 0.6) is 0 Å². The molecular formula is C8H14BrO. The standard InChI is InChI=1S/C8H14BrO/c9-7-10-6-8-4-2-1-3-5-8/h7-8H,1-6H2. The smallest absolute Gasteiger partial charge is 0.148 e. The molecule has 0 N–H and O–H groups in total. The first-order valence-corrected chi connectivity index (χ1v) is 4.88. The highest BCUT2D eigenvalue weighted by molar-refractivity contribution is 9.10. The second-order valence-electron chi connectivity index (χ2n) is 2.93. The van der Waals surface area contributed by atoms with Gasteiger partial charge in [0.2, 0.25) is 0 Å². The van der Waals surface area contributed by atoms with Crippen molar-refractivity contribution in [1.82, 2.24) is 0 Å². The number of hydrogen-bond donors (Lipinski definition) is 0. The highest BCUT2D eigenvalue weighted by Crippen LogP contribution is 2.23. The van der Waals surface area contributed by atoms with Crippen LogP contribution < -0.4 is 0 Å². The second-order valence-corrected chi connectivity index (χ2v) is 3.30. The van der Waals surface area contributed by atoms with Gasteiger partial charge in [-0.05, 0) is 18.8 Å². The van der Waals surface area contributed by atoms with Crippen molar-refractivity contribution in [3.8, 4) is 0 Å². The van der Waals surface area contributed by atoms with Crippen LogP contribution in [-0.4, -0.2) is 6.61 Å². The largest absolute Gasteiger partial charge is 0.363 e. The molecule has 1 radical (unpaired) electrons. The van der Waals surface area contributed by atoms with Gasteiger partial charge in [-0.1, -0.05) is 35.2 Å². The van der Waals surface area contributed by atoms with Crippen molar-refractivity contribution in [3.05, 3.63) is 5.52 Å². The summed E-state index contributed by atoms with van der Waals surface area (Å²) in [4.78, 5) is 0. The molecule has 1 aliphatic rings. The van der Waals surface area contributed by atoms with Gasteiger partial charge in [0.15, 0.2) is 0 Å². The molecular weight excluding hydrogens is 192 g/mol. The van der Waals surface area contributed by atoms with Crippen molar-refractivity contribution in [3.63, 3.8) is 0 Å². The average molecular weight is 206 g/mol. The minimum Gasteiger partial charge on any atom is -0.363 e. The third-order valence-electron chi connectivity index (χ3n) is 2.12. The molecule has 1 aliphatic carbocycles. The lowest BCUT2D eigenvalue weighted by Crippen LogP contribution is -2.11. The topological polar surface area (TPSA) is 9.23 Å². The monoisotopic (exact) mass is 205 g/mol.